The molecule has 0 saturated heterocycles. The summed E-state index contributed by atoms with van der Waals surface area (Å²) in [5, 5.41) is 0. The van der Waals surface area contributed by atoms with Crippen molar-refractivity contribution < 1.29 is 9.18 Å². The van der Waals surface area contributed by atoms with Crippen LogP contribution >= 0.6 is 0 Å². The van der Waals surface area contributed by atoms with Crippen molar-refractivity contribution in [2.24, 2.45) is 5.73 Å². The summed E-state index contributed by atoms with van der Waals surface area (Å²) >= 11 is 0. The van der Waals surface area contributed by atoms with Gasteiger partial charge in [-0.3, -0.25) is 4.79 Å². The highest BCUT2D eigenvalue weighted by molar-refractivity contribution is 5.84. The zero-order valence-corrected chi connectivity index (χ0v) is 6.75. The summed E-state index contributed by atoms with van der Waals surface area (Å²) in [7, 11) is 0. The van der Waals surface area contributed by atoms with Crippen molar-refractivity contribution in [2.45, 2.75) is 12.6 Å². The Morgan fingerprint density at radius 3 is 2.33 bits per heavy atom. The fourth-order valence-electron chi connectivity index (χ4n) is 0.893. The van der Waals surface area contributed by atoms with E-state index in [1.807, 2.05) is 0 Å². The van der Waals surface area contributed by atoms with Crippen molar-refractivity contribution in [1.82, 2.24) is 0 Å². The molecule has 0 aromatic heterocycles. The number of halogens is 1. The number of alkyl halides is 1. The van der Waals surface area contributed by atoms with Crippen LogP contribution in [-0.2, 0) is 10.5 Å². The first-order chi connectivity index (χ1) is 5.55. The third kappa shape index (κ3) is 1.44. The van der Waals surface area contributed by atoms with E-state index in [1.54, 1.807) is 18.2 Å². The highest BCUT2D eigenvalue weighted by Crippen LogP contribution is 2.24. The molecule has 1 amide bonds. The minimum Gasteiger partial charge on any atom is -0.367 e. The molecule has 0 heterocycles. The van der Waals surface area contributed by atoms with Crippen molar-refractivity contribution in [1.29, 1.82) is 0 Å². The predicted molar refractivity (Wildman–Crippen MR) is 44.1 cm³/mol. The van der Waals surface area contributed by atoms with Gasteiger partial charge in [-0.05, 0) is 12.5 Å². The van der Waals surface area contributed by atoms with Gasteiger partial charge in [-0.15, -0.1) is 0 Å². The van der Waals surface area contributed by atoms with Crippen LogP contribution in [0.3, 0.4) is 0 Å². The Hall–Kier alpha value is -1.38. The van der Waals surface area contributed by atoms with Crippen LogP contribution in [0.25, 0.3) is 0 Å². The van der Waals surface area contributed by atoms with Gasteiger partial charge in [0.15, 0.2) is 0 Å². The molecule has 0 bridgehead atoms. The maximum atomic E-state index is 13.5. The fraction of sp³-hybridized carbons (Fsp3) is 0.222. The molecule has 12 heavy (non-hydrogen) atoms. The second-order valence-corrected chi connectivity index (χ2v) is 2.73. The number of benzene rings is 1. The van der Waals surface area contributed by atoms with E-state index >= 15 is 0 Å². The Bertz CT molecular complexity index is 282. The number of carbonyl (C=O) groups excluding carboxylic acids is 1. The molecule has 0 spiro atoms. The highest BCUT2D eigenvalue weighted by atomic mass is 19.1. The Kier molecular flexibility index (Phi) is 2.13. The highest BCUT2D eigenvalue weighted by Gasteiger charge is 2.32. The minimum atomic E-state index is -2.07. The monoisotopic (exact) mass is 167 g/mol. The fourth-order valence-corrected chi connectivity index (χ4v) is 0.893. The molecular formula is C9H10FNO. The van der Waals surface area contributed by atoms with E-state index in [0.717, 1.165) is 6.92 Å². The first-order valence-corrected chi connectivity index (χ1v) is 3.59. The first-order valence-electron chi connectivity index (χ1n) is 3.59. The number of primary amides is 1. The van der Waals surface area contributed by atoms with Crippen LogP contribution < -0.4 is 5.73 Å². The van der Waals surface area contributed by atoms with Gasteiger partial charge in [0.05, 0.1) is 0 Å². The molecule has 0 unspecified atom stereocenters. The van der Waals surface area contributed by atoms with E-state index in [0.29, 0.717) is 0 Å². The smallest absolute Gasteiger partial charge is 0.259 e. The summed E-state index contributed by atoms with van der Waals surface area (Å²) in [4.78, 5) is 10.7. The molecule has 0 saturated carbocycles. The number of amides is 1. The molecule has 0 aliphatic heterocycles. The normalized spacial score (nSPS) is 15.2. The Balaban J connectivity index is 3.06. The molecular weight excluding hydrogens is 157 g/mol. The van der Waals surface area contributed by atoms with Gasteiger partial charge in [-0.25, -0.2) is 4.39 Å². The number of hydrogen-bond acceptors (Lipinski definition) is 1. The van der Waals surface area contributed by atoms with E-state index in [4.69, 9.17) is 5.73 Å². The van der Waals surface area contributed by atoms with E-state index in [-0.39, 0.29) is 5.56 Å². The Labute approximate surface area is 70.2 Å². The summed E-state index contributed by atoms with van der Waals surface area (Å²) in [6.07, 6.45) is 0. The van der Waals surface area contributed by atoms with Crippen LogP contribution in [0.5, 0.6) is 0 Å². The van der Waals surface area contributed by atoms with Gasteiger partial charge in [0.25, 0.3) is 5.91 Å². The largest absolute Gasteiger partial charge is 0.367 e. The van der Waals surface area contributed by atoms with Crippen LogP contribution in [0.2, 0.25) is 0 Å². The molecule has 0 aliphatic rings. The van der Waals surface area contributed by atoms with Crippen molar-refractivity contribution in [3.8, 4) is 0 Å². The van der Waals surface area contributed by atoms with E-state index in [2.05, 4.69) is 0 Å². The Morgan fingerprint density at radius 2 is 1.92 bits per heavy atom. The molecule has 1 aromatic carbocycles. The lowest BCUT2D eigenvalue weighted by molar-refractivity contribution is -0.128. The molecule has 64 valence electrons. The lowest BCUT2D eigenvalue weighted by Crippen LogP contribution is -2.34. The molecule has 0 fully saturated rings. The molecule has 3 heteroatoms. The van der Waals surface area contributed by atoms with E-state index in [1.165, 1.54) is 12.1 Å². The maximum Gasteiger partial charge on any atom is 0.259 e. The maximum absolute atomic E-state index is 13.5. The van der Waals surface area contributed by atoms with Gasteiger partial charge < -0.3 is 5.73 Å². The lowest BCUT2D eigenvalue weighted by atomic mass is 9.98. The van der Waals surface area contributed by atoms with Crippen molar-refractivity contribution in [2.75, 3.05) is 0 Å². The number of nitrogens with two attached hydrogens (primary N) is 1. The lowest BCUT2D eigenvalue weighted by Gasteiger charge is -2.15. The van der Waals surface area contributed by atoms with Crippen LogP contribution in [-0.4, -0.2) is 5.91 Å². The summed E-state index contributed by atoms with van der Waals surface area (Å²) in [6.45, 7) is 1.16. The third-order valence-corrected chi connectivity index (χ3v) is 1.78. The van der Waals surface area contributed by atoms with Gasteiger partial charge >= 0.3 is 0 Å². The molecule has 1 rings (SSSR count). The molecule has 2 nitrogen and oxygen atoms in total. The second kappa shape index (κ2) is 2.93. The zero-order chi connectivity index (χ0) is 9.19. The standard InChI is InChI=1S/C9H10FNO/c1-9(10,8(11)12)7-5-3-2-4-6-7/h2-6H,1H3,(H2,11,12)/t9-/m0/s1. The SMILES string of the molecule is C[C@@](F)(C(N)=O)c1ccccc1. The quantitative estimate of drug-likeness (QED) is 0.710. The van der Waals surface area contributed by atoms with Crippen LogP contribution in [0.15, 0.2) is 30.3 Å². The molecule has 2 N–H and O–H groups in total. The van der Waals surface area contributed by atoms with Gasteiger partial charge in [0, 0.05) is 0 Å². The van der Waals surface area contributed by atoms with E-state index < -0.39 is 11.6 Å². The predicted octanol–water partition coefficient (Wildman–Crippen LogP) is 1.36. The molecule has 1 aromatic rings. The van der Waals surface area contributed by atoms with Crippen molar-refractivity contribution in [3.05, 3.63) is 35.9 Å². The minimum absolute atomic E-state index is 0.289. The Morgan fingerprint density at radius 1 is 1.42 bits per heavy atom. The summed E-state index contributed by atoms with van der Waals surface area (Å²) < 4.78 is 13.5. The van der Waals surface area contributed by atoms with Crippen LogP contribution in [0.1, 0.15) is 12.5 Å². The van der Waals surface area contributed by atoms with Crippen molar-refractivity contribution in [3.63, 3.8) is 0 Å². The summed E-state index contributed by atoms with van der Waals surface area (Å²) in [6, 6.07) is 8.14. The van der Waals surface area contributed by atoms with Crippen LogP contribution in [0.4, 0.5) is 4.39 Å². The zero-order valence-electron chi connectivity index (χ0n) is 6.75. The molecule has 0 aliphatic carbocycles. The number of hydrogen-bond donors (Lipinski definition) is 1. The van der Waals surface area contributed by atoms with Gasteiger partial charge in [0.2, 0.25) is 5.67 Å². The second-order valence-electron chi connectivity index (χ2n) is 2.73. The summed E-state index contributed by atoms with van der Waals surface area (Å²) in [5.74, 6) is -0.964. The average molecular weight is 167 g/mol. The number of rotatable bonds is 2. The van der Waals surface area contributed by atoms with Crippen LogP contribution in [0, 0.1) is 0 Å². The van der Waals surface area contributed by atoms with Gasteiger partial charge in [-0.2, -0.15) is 0 Å². The topological polar surface area (TPSA) is 43.1 Å². The number of carbonyl (C=O) groups is 1. The first kappa shape index (κ1) is 8.71. The van der Waals surface area contributed by atoms with Crippen molar-refractivity contribution >= 4 is 5.91 Å². The molecule has 0 radical (unpaired) electrons. The average Bonchev–Trinajstić information content (AvgIpc) is 2.06. The van der Waals surface area contributed by atoms with E-state index in [9.17, 15) is 9.18 Å². The summed E-state index contributed by atoms with van der Waals surface area (Å²) in [5.41, 5.74) is 3.11. The van der Waals surface area contributed by atoms with Gasteiger partial charge in [0.1, 0.15) is 0 Å². The third-order valence-electron chi connectivity index (χ3n) is 1.78. The van der Waals surface area contributed by atoms with Gasteiger partial charge in [-0.1, -0.05) is 30.3 Å². The molecule has 1 atom stereocenters.